The lowest BCUT2D eigenvalue weighted by Crippen LogP contribution is -2.59. The van der Waals surface area contributed by atoms with Gasteiger partial charge in [-0.25, -0.2) is 0 Å². The minimum atomic E-state index is -1.17. The second-order valence-electron chi connectivity index (χ2n) is 12.5. The number of likely N-dealkylation sites (tertiary alicyclic amines) is 1. The molecule has 3 aliphatic heterocycles. The maximum atomic E-state index is 14.7. The predicted molar refractivity (Wildman–Crippen MR) is 161 cm³/mol. The number of amides is 2. The monoisotopic (exact) mass is 580 g/mol. The van der Waals surface area contributed by atoms with Crippen LogP contribution in [0.3, 0.4) is 0 Å². The van der Waals surface area contributed by atoms with E-state index >= 15 is 0 Å². The molecule has 42 heavy (non-hydrogen) atoms. The number of carbonyl (C=O) groups excluding carboxylic acids is 3. The van der Waals surface area contributed by atoms with Crippen molar-refractivity contribution in [3.05, 3.63) is 61.2 Å². The highest BCUT2D eigenvalue weighted by Gasteiger charge is 2.79. The Labute approximate surface area is 250 Å². The molecule has 0 saturated carbocycles. The number of carbonyl (C=O) groups is 3. The Bertz CT molecular complexity index is 1140. The number of unbranched alkanes of at least 4 members (excludes halogenated alkanes) is 2. The molecule has 3 fully saturated rings. The number of fused-ring (bicyclic) bond motifs is 1. The van der Waals surface area contributed by atoms with Crippen LogP contribution in [0.4, 0.5) is 0 Å². The van der Waals surface area contributed by atoms with Crippen molar-refractivity contribution in [2.24, 2.45) is 17.8 Å². The van der Waals surface area contributed by atoms with Crippen molar-refractivity contribution in [1.82, 2.24) is 9.80 Å². The topological polar surface area (TPSA) is 96.4 Å². The zero-order valence-electron chi connectivity index (χ0n) is 25.5. The zero-order chi connectivity index (χ0) is 30.5. The largest absolute Gasteiger partial charge is 0.465 e. The standard InChI is InChI=1S/C34H48N2O6/c1-6-9-10-14-20-41-32(40)28-27-30(38)36(26(23-37)21-24(4)5)29(34(27)18-17-33(28,8-3)42-34)31(39)35(19-7-2)22-25-15-12-11-13-16-25/h6-7,11-13,15-16,24,26-29,37H,1-2,8-10,14,17-23H2,3-5H3/t26-,27+,28+,29?,33-,34?/m1/s1. The number of hydrogen-bond acceptors (Lipinski definition) is 6. The van der Waals surface area contributed by atoms with Gasteiger partial charge in [0.1, 0.15) is 17.6 Å². The first-order chi connectivity index (χ1) is 20.2. The van der Waals surface area contributed by atoms with E-state index in [9.17, 15) is 19.5 Å². The summed E-state index contributed by atoms with van der Waals surface area (Å²) < 4.78 is 12.7. The van der Waals surface area contributed by atoms with Crippen molar-refractivity contribution in [2.45, 2.75) is 95.5 Å². The molecule has 0 aliphatic carbocycles. The van der Waals surface area contributed by atoms with Crippen molar-refractivity contribution >= 4 is 17.8 Å². The van der Waals surface area contributed by atoms with Gasteiger partial charge in [-0.05, 0) is 56.4 Å². The molecule has 1 N–H and O–H groups in total. The minimum absolute atomic E-state index is 0.174. The smallest absolute Gasteiger partial charge is 0.312 e. The molecule has 0 radical (unpaired) electrons. The van der Waals surface area contributed by atoms with Crippen LogP contribution in [0.1, 0.15) is 71.3 Å². The molecule has 230 valence electrons. The van der Waals surface area contributed by atoms with Crippen LogP contribution in [0.5, 0.6) is 0 Å². The number of benzene rings is 1. The highest BCUT2D eigenvalue weighted by molar-refractivity contribution is 5.98. The van der Waals surface area contributed by atoms with Crippen LogP contribution in [0.2, 0.25) is 0 Å². The molecule has 6 atom stereocenters. The summed E-state index contributed by atoms with van der Waals surface area (Å²) in [6.07, 6.45) is 8.04. The van der Waals surface area contributed by atoms with E-state index < -0.39 is 41.1 Å². The normalized spacial score (nSPS) is 28.5. The summed E-state index contributed by atoms with van der Waals surface area (Å²) >= 11 is 0. The summed E-state index contributed by atoms with van der Waals surface area (Å²) in [6, 6.07) is 8.16. The molecule has 2 bridgehead atoms. The van der Waals surface area contributed by atoms with E-state index in [4.69, 9.17) is 9.47 Å². The van der Waals surface area contributed by atoms with E-state index in [1.807, 2.05) is 57.2 Å². The first kappa shape index (κ1) is 32.0. The van der Waals surface area contributed by atoms with E-state index in [1.54, 1.807) is 15.9 Å². The van der Waals surface area contributed by atoms with Crippen LogP contribution in [0.25, 0.3) is 0 Å². The van der Waals surface area contributed by atoms with Crippen LogP contribution >= 0.6 is 0 Å². The number of hydrogen-bond donors (Lipinski definition) is 1. The minimum Gasteiger partial charge on any atom is -0.465 e. The van der Waals surface area contributed by atoms with Gasteiger partial charge in [0.15, 0.2) is 0 Å². The van der Waals surface area contributed by atoms with Crippen LogP contribution in [-0.2, 0) is 30.4 Å². The van der Waals surface area contributed by atoms with Crippen LogP contribution < -0.4 is 0 Å². The number of rotatable bonds is 16. The quantitative estimate of drug-likeness (QED) is 0.174. The fourth-order valence-electron chi connectivity index (χ4n) is 7.53. The lowest BCUT2D eigenvalue weighted by molar-refractivity contribution is -0.164. The number of allylic oxidation sites excluding steroid dienone is 1. The summed E-state index contributed by atoms with van der Waals surface area (Å²) in [5.41, 5.74) is -1.08. The molecule has 3 heterocycles. The maximum Gasteiger partial charge on any atom is 0.312 e. The Morgan fingerprint density at radius 2 is 1.93 bits per heavy atom. The van der Waals surface area contributed by atoms with Crippen LogP contribution in [0, 0.1) is 17.8 Å². The van der Waals surface area contributed by atoms with Gasteiger partial charge in [0.25, 0.3) is 0 Å². The Balaban J connectivity index is 1.74. The molecule has 0 aromatic heterocycles. The van der Waals surface area contributed by atoms with Gasteiger partial charge in [-0.2, -0.15) is 0 Å². The Morgan fingerprint density at radius 3 is 2.55 bits per heavy atom. The summed E-state index contributed by atoms with van der Waals surface area (Å²) in [6.45, 7) is 14.3. The van der Waals surface area contributed by atoms with E-state index in [0.717, 1.165) is 18.4 Å². The number of aliphatic hydroxyl groups is 1. The molecule has 3 aliphatic rings. The van der Waals surface area contributed by atoms with Gasteiger partial charge in [-0.3, -0.25) is 14.4 Å². The zero-order valence-corrected chi connectivity index (χ0v) is 25.5. The van der Waals surface area contributed by atoms with E-state index in [1.165, 1.54) is 0 Å². The summed E-state index contributed by atoms with van der Waals surface area (Å²) in [5.74, 6) is -2.45. The molecule has 2 unspecified atom stereocenters. The highest BCUT2D eigenvalue weighted by atomic mass is 16.6. The molecular formula is C34H48N2O6. The predicted octanol–water partition coefficient (Wildman–Crippen LogP) is 4.66. The fourth-order valence-corrected chi connectivity index (χ4v) is 7.53. The third kappa shape index (κ3) is 5.80. The third-order valence-corrected chi connectivity index (χ3v) is 9.38. The lowest BCUT2D eigenvalue weighted by Gasteiger charge is -2.40. The average Bonchev–Trinajstić information content (AvgIpc) is 3.59. The second kappa shape index (κ2) is 13.6. The van der Waals surface area contributed by atoms with Gasteiger partial charge in [-0.15, -0.1) is 13.2 Å². The van der Waals surface area contributed by atoms with E-state index in [2.05, 4.69) is 13.2 Å². The highest BCUT2D eigenvalue weighted by Crippen LogP contribution is 2.65. The SMILES string of the molecule is C=CCCCCOC(=O)[C@@H]1[C@H]2C(=O)N([C@@H](CO)CC(C)C)C(C(=O)N(CC=C)Cc3ccccc3)C23CC[C@@]1(CC)O3. The molecule has 8 heteroatoms. The van der Waals surface area contributed by atoms with Gasteiger partial charge < -0.3 is 24.4 Å². The average molecular weight is 581 g/mol. The van der Waals surface area contributed by atoms with Crippen molar-refractivity contribution < 1.29 is 29.0 Å². The second-order valence-corrected chi connectivity index (χ2v) is 12.5. The molecule has 1 spiro atoms. The van der Waals surface area contributed by atoms with Crippen molar-refractivity contribution in [3.63, 3.8) is 0 Å². The number of nitrogens with zero attached hydrogens (tertiary/aromatic N) is 2. The fraction of sp³-hybridized carbons (Fsp3) is 0.618. The van der Waals surface area contributed by atoms with Gasteiger partial charge in [0.2, 0.25) is 11.8 Å². The number of ether oxygens (including phenoxy) is 2. The van der Waals surface area contributed by atoms with Crippen LogP contribution in [0.15, 0.2) is 55.6 Å². The molecule has 8 nitrogen and oxygen atoms in total. The Kier molecular flexibility index (Phi) is 10.3. The number of aliphatic hydroxyl groups excluding tert-OH is 1. The van der Waals surface area contributed by atoms with E-state index in [0.29, 0.717) is 38.6 Å². The van der Waals surface area contributed by atoms with Gasteiger partial charge >= 0.3 is 5.97 Å². The molecular weight excluding hydrogens is 532 g/mol. The summed E-state index contributed by atoms with van der Waals surface area (Å²) in [5, 5.41) is 10.5. The van der Waals surface area contributed by atoms with Gasteiger partial charge in [0, 0.05) is 13.1 Å². The molecule has 4 rings (SSSR count). The van der Waals surface area contributed by atoms with Crippen molar-refractivity contribution in [2.75, 3.05) is 19.8 Å². The summed E-state index contributed by atoms with van der Waals surface area (Å²) in [7, 11) is 0. The first-order valence-corrected chi connectivity index (χ1v) is 15.5. The maximum absolute atomic E-state index is 14.7. The van der Waals surface area contributed by atoms with E-state index in [-0.39, 0.29) is 37.5 Å². The van der Waals surface area contributed by atoms with Gasteiger partial charge in [0.05, 0.1) is 30.8 Å². The molecule has 3 saturated heterocycles. The molecule has 2 amide bonds. The van der Waals surface area contributed by atoms with Crippen molar-refractivity contribution in [3.8, 4) is 0 Å². The number of esters is 1. The third-order valence-electron chi connectivity index (χ3n) is 9.38. The van der Waals surface area contributed by atoms with Crippen LogP contribution in [-0.4, -0.2) is 75.7 Å². The molecule has 1 aromatic rings. The van der Waals surface area contributed by atoms with Crippen molar-refractivity contribution in [1.29, 1.82) is 0 Å². The van der Waals surface area contributed by atoms with Gasteiger partial charge in [-0.1, -0.05) is 63.3 Å². The lowest BCUT2D eigenvalue weighted by atomic mass is 9.65. The Morgan fingerprint density at radius 1 is 1.19 bits per heavy atom. The molecule has 1 aromatic carbocycles. The first-order valence-electron chi connectivity index (χ1n) is 15.5. The summed E-state index contributed by atoms with van der Waals surface area (Å²) in [4.78, 5) is 46.2. The Hall–Kier alpha value is -2.97.